The molecule has 0 bridgehead atoms. The molecule has 0 unspecified atom stereocenters. The third-order valence-electron chi connectivity index (χ3n) is 6.79. The van der Waals surface area contributed by atoms with Gasteiger partial charge in [0.2, 0.25) is 0 Å². The summed E-state index contributed by atoms with van der Waals surface area (Å²) in [6.07, 6.45) is -2.13. The van der Waals surface area contributed by atoms with E-state index in [1.165, 1.54) is 0 Å². The Bertz CT molecular complexity index is 947. The number of carbonyl (C=O) groups is 2. The van der Waals surface area contributed by atoms with E-state index in [4.69, 9.17) is 18.6 Å². The van der Waals surface area contributed by atoms with E-state index in [0.29, 0.717) is 0 Å². The van der Waals surface area contributed by atoms with E-state index < -0.39 is 38.7 Å². The SMILES string of the molecule is CC(C)(C)[Si](OC[C@H]1OC(=O)[C@@H]2[C@H]3OC(=O)O[C@H]3[C@@H]21)(c1ccccc1)c1ccccc1. The topological polar surface area (TPSA) is 71.1 Å². The molecule has 0 aromatic heterocycles. The maximum absolute atomic E-state index is 12.4. The number of cyclic esters (lactones) is 1. The van der Waals surface area contributed by atoms with Crippen LogP contribution < -0.4 is 10.4 Å². The van der Waals surface area contributed by atoms with Gasteiger partial charge in [-0.05, 0) is 15.4 Å². The molecule has 1 saturated carbocycles. The van der Waals surface area contributed by atoms with Crippen LogP contribution in [0.5, 0.6) is 0 Å². The van der Waals surface area contributed by atoms with Crippen molar-refractivity contribution in [3.8, 4) is 0 Å². The molecule has 0 amide bonds. The summed E-state index contributed by atoms with van der Waals surface area (Å²) in [6, 6.07) is 20.6. The summed E-state index contributed by atoms with van der Waals surface area (Å²) < 4.78 is 23.0. The van der Waals surface area contributed by atoms with Crippen molar-refractivity contribution in [2.75, 3.05) is 6.61 Å². The van der Waals surface area contributed by atoms with Crippen LogP contribution in [0.25, 0.3) is 0 Å². The molecule has 0 spiro atoms. The van der Waals surface area contributed by atoms with Gasteiger partial charge in [0.05, 0.1) is 12.5 Å². The third-order valence-corrected chi connectivity index (χ3v) is 11.8. The van der Waals surface area contributed by atoms with E-state index >= 15 is 0 Å². The molecule has 162 valence electrons. The van der Waals surface area contributed by atoms with Crippen LogP contribution in [-0.4, -0.2) is 45.4 Å². The monoisotopic (exact) mass is 438 g/mol. The third kappa shape index (κ3) is 3.02. The average molecular weight is 439 g/mol. The molecule has 2 aromatic carbocycles. The molecule has 5 atom stereocenters. The number of benzene rings is 2. The minimum atomic E-state index is -2.74. The van der Waals surface area contributed by atoms with Crippen LogP contribution in [0.2, 0.25) is 5.04 Å². The first-order valence-electron chi connectivity index (χ1n) is 10.7. The summed E-state index contributed by atoms with van der Waals surface area (Å²) in [5.41, 5.74) is 0. The van der Waals surface area contributed by atoms with Crippen molar-refractivity contribution in [3.05, 3.63) is 60.7 Å². The van der Waals surface area contributed by atoms with Crippen LogP contribution >= 0.6 is 0 Å². The first-order valence-corrected chi connectivity index (χ1v) is 12.6. The fourth-order valence-electron chi connectivity index (χ4n) is 5.39. The molecular formula is C24H26O6Si. The quantitative estimate of drug-likeness (QED) is 0.528. The lowest BCUT2D eigenvalue weighted by atomic mass is 9.67. The largest absolute Gasteiger partial charge is 0.509 e. The van der Waals surface area contributed by atoms with E-state index in [0.717, 1.165) is 10.4 Å². The minimum Gasteiger partial charge on any atom is -0.459 e. The number of ether oxygens (including phenoxy) is 3. The Morgan fingerprint density at radius 1 is 0.839 bits per heavy atom. The summed E-state index contributed by atoms with van der Waals surface area (Å²) in [5, 5.41) is 2.15. The fourth-order valence-corrected chi connectivity index (χ4v) is 9.96. The molecule has 7 heteroatoms. The number of hydrogen-bond acceptors (Lipinski definition) is 6. The van der Waals surface area contributed by atoms with E-state index in [-0.39, 0.29) is 23.5 Å². The Kier molecular flexibility index (Phi) is 4.71. The lowest BCUT2D eigenvalue weighted by Crippen LogP contribution is -2.67. The van der Waals surface area contributed by atoms with Gasteiger partial charge in [0.25, 0.3) is 8.32 Å². The minimum absolute atomic E-state index is 0.178. The zero-order valence-corrected chi connectivity index (χ0v) is 18.8. The van der Waals surface area contributed by atoms with Gasteiger partial charge >= 0.3 is 12.1 Å². The normalized spacial score (nSPS) is 29.3. The molecule has 0 N–H and O–H groups in total. The smallest absolute Gasteiger partial charge is 0.459 e. The number of carbonyl (C=O) groups excluding carboxylic acids is 2. The molecule has 1 aliphatic carbocycles. The molecule has 2 aliphatic heterocycles. The molecule has 31 heavy (non-hydrogen) atoms. The zero-order valence-electron chi connectivity index (χ0n) is 17.8. The standard InChI is InChI=1S/C24H26O6Si/c1-24(2,3)31(15-10-6-4-7-11-15,16-12-8-5-9-13-16)27-14-17-18-19(22(25)28-17)21-20(18)29-23(26)30-21/h4-13,17-21H,14H2,1-3H3/t17-,18-,19+,20+,21-/m1/s1. The summed E-state index contributed by atoms with van der Waals surface area (Å²) >= 11 is 0. The molecule has 0 radical (unpaired) electrons. The van der Waals surface area contributed by atoms with Gasteiger partial charge in [-0.2, -0.15) is 0 Å². The number of fused-ring (bicyclic) bond motifs is 4. The molecular weight excluding hydrogens is 412 g/mol. The zero-order chi connectivity index (χ0) is 21.8. The summed E-state index contributed by atoms with van der Waals surface area (Å²) in [5.74, 6) is -1.01. The van der Waals surface area contributed by atoms with E-state index in [1.54, 1.807) is 0 Å². The average Bonchev–Trinajstić information content (AvgIpc) is 3.20. The number of rotatable bonds is 5. The maximum Gasteiger partial charge on any atom is 0.509 e. The van der Waals surface area contributed by atoms with Crippen LogP contribution in [-0.2, 0) is 23.4 Å². The lowest BCUT2D eigenvalue weighted by Gasteiger charge is -2.44. The maximum atomic E-state index is 12.4. The van der Waals surface area contributed by atoms with Gasteiger partial charge in [0.15, 0.2) is 12.2 Å². The number of esters is 1. The molecule has 3 aliphatic rings. The Labute approximate surface area is 182 Å². The second-order valence-electron chi connectivity index (χ2n) is 9.47. The molecule has 2 heterocycles. The van der Waals surface area contributed by atoms with Gasteiger partial charge in [0.1, 0.15) is 12.0 Å². The van der Waals surface area contributed by atoms with Crippen molar-refractivity contribution < 1.29 is 28.2 Å². The predicted molar refractivity (Wildman–Crippen MR) is 116 cm³/mol. The van der Waals surface area contributed by atoms with Crippen LogP contribution in [0, 0.1) is 11.8 Å². The predicted octanol–water partition coefficient (Wildman–Crippen LogP) is 2.64. The van der Waals surface area contributed by atoms with Crippen LogP contribution in [0.3, 0.4) is 0 Å². The van der Waals surface area contributed by atoms with Crippen molar-refractivity contribution in [3.63, 3.8) is 0 Å². The van der Waals surface area contributed by atoms with Crippen molar-refractivity contribution >= 4 is 30.8 Å². The Morgan fingerprint density at radius 2 is 1.39 bits per heavy atom. The van der Waals surface area contributed by atoms with Gasteiger partial charge < -0.3 is 18.6 Å². The van der Waals surface area contributed by atoms with E-state index in [2.05, 4.69) is 45.0 Å². The van der Waals surface area contributed by atoms with Crippen molar-refractivity contribution in [2.45, 2.75) is 44.1 Å². The molecule has 2 aromatic rings. The van der Waals surface area contributed by atoms with E-state index in [1.807, 2.05) is 36.4 Å². The molecule has 3 fully saturated rings. The second-order valence-corrected chi connectivity index (χ2v) is 13.8. The summed E-state index contributed by atoms with van der Waals surface area (Å²) in [7, 11) is -2.74. The highest BCUT2D eigenvalue weighted by molar-refractivity contribution is 6.99. The highest BCUT2D eigenvalue weighted by Gasteiger charge is 2.70. The Hall–Kier alpha value is -2.64. The van der Waals surface area contributed by atoms with Crippen molar-refractivity contribution in [2.24, 2.45) is 11.8 Å². The van der Waals surface area contributed by atoms with Gasteiger partial charge in [-0.15, -0.1) is 0 Å². The van der Waals surface area contributed by atoms with E-state index in [9.17, 15) is 9.59 Å². The highest BCUT2D eigenvalue weighted by Crippen LogP contribution is 2.51. The number of hydrogen-bond donors (Lipinski definition) is 0. The fraction of sp³-hybridized carbons (Fsp3) is 0.417. The van der Waals surface area contributed by atoms with Crippen LogP contribution in [0.15, 0.2) is 60.7 Å². The van der Waals surface area contributed by atoms with Gasteiger partial charge in [-0.25, -0.2) is 4.79 Å². The van der Waals surface area contributed by atoms with Gasteiger partial charge in [0, 0.05) is 0 Å². The van der Waals surface area contributed by atoms with Gasteiger partial charge in [-0.3, -0.25) is 4.79 Å². The van der Waals surface area contributed by atoms with Crippen LogP contribution in [0.1, 0.15) is 20.8 Å². The summed E-state index contributed by atoms with van der Waals surface area (Å²) in [4.78, 5) is 24.0. The molecule has 6 nitrogen and oxygen atoms in total. The summed E-state index contributed by atoms with van der Waals surface area (Å²) in [6.45, 7) is 6.86. The van der Waals surface area contributed by atoms with Crippen LogP contribution in [0.4, 0.5) is 4.79 Å². The van der Waals surface area contributed by atoms with Crippen molar-refractivity contribution in [1.29, 1.82) is 0 Å². The highest BCUT2D eigenvalue weighted by atomic mass is 28.4. The molecule has 5 rings (SSSR count). The Balaban J connectivity index is 1.49. The first-order chi connectivity index (χ1) is 14.8. The lowest BCUT2D eigenvalue weighted by molar-refractivity contribution is -0.148. The van der Waals surface area contributed by atoms with Crippen molar-refractivity contribution in [1.82, 2.24) is 0 Å². The Morgan fingerprint density at radius 3 is 1.94 bits per heavy atom. The molecule has 2 saturated heterocycles. The second kappa shape index (κ2) is 7.21. The first kappa shape index (κ1) is 20.3. The van der Waals surface area contributed by atoms with Gasteiger partial charge in [-0.1, -0.05) is 81.4 Å².